The van der Waals surface area contributed by atoms with Crippen LogP contribution in [0.2, 0.25) is 0 Å². The van der Waals surface area contributed by atoms with Gasteiger partial charge >= 0.3 is 0 Å². The van der Waals surface area contributed by atoms with Crippen molar-refractivity contribution in [2.75, 3.05) is 0 Å². The number of hydrogen-bond donors (Lipinski definition) is 1. The molecule has 82 valence electrons. The zero-order valence-corrected chi connectivity index (χ0v) is 8.50. The fourth-order valence-corrected chi connectivity index (χ4v) is 1.73. The van der Waals surface area contributed by atoms with Gasteiger partial charge in [0.25, 0.3) is 0 Å². The largest absolute Gasteiger partial charge is 0.342 e. The van der Waals surface area contributed by atoms with Crippen LogP contribution in [0.1, 0.15) is 24.5 Å². The molecular formula is C12H10F2N2. The summed E-state index contributed by atoms with van der Waals surface area (Å²) in [5, 5.41) is 0. The zero-order valence-electron chi connectivity index (χ0n) is 8.50. The molecule has 0 aliphatic heterocycles. The SMILES string of the molecule is Fc1ccc(-c2ncc(C3CC3)[nH]2)cc1F. The number of hydrogen-bond acceptors (Lipinski definition) is 1. The molecular weight excluding hydrogens is 210 g/mol. The topological polar surface area (TPSA) is 28.7 Å². The fourth-order valence-electron chi connectivity index (χ4n) is 1.73. The lowest BCUT2D eigenvalue weighted by Crippen LogP contribution is -1.87. The number of H-pyrrole nitrogens is 1. The van der Waals surface area contributed by atoms with E-state index in [1.54, 1.807) is 6.20 Å². The summed E-state index contributed by atoms with van der Waals surface area (Å²) in [7, 11) is 0. The number of imidazole rings is 1. The number of rotatable bonds is 2. The lowest BCUT2D eigenvalue weighted by Gasteiger charge is -1.98. The van der Waals surface area contributed by atoms with E-state index in [1.165, 1.54) is 18.9 Å². The van der Waals surface area contributed by atoms with Crippen molar-refractivity contribution in [2.45, 2.75) is 18.8 Å². The zero-order chi connectivity index (χ0) is 11.1. The average molecular weight is 220 g/mol. The van der Waals surface area contributed by atoms with E-state index in [1.807, 2.05) is 0 Å². The van der Waals surface area contributed by atoms with E-state index in [9.17, 15) is 8.78 Å². The van der Waals surface area contributed by atoms with Gasteiger partial charge < -0.3 is 4.98 Å². The number of nitrogens with zero attached hydrogens (tertiary/aromatic N) is 1. The quantitative estimate of drug-likeness (QED) is 0.826. The Kier molecular flexibility index (Phi) is 2.02. The lowest BCUT2D eigenvalue weighted by atomic mass is 10.2. The van der Waals surface area contributed by atoms with Crippen molar-refractivity contribution in [2.24, 2.45) is 0 Å². The number of aromatic amines is 1. The molecule has 0 saturated heterocycles. The van der Waals surface area contributed by atoms with E-state index in [0.717, 1.165) is 17.8 Å². The number of halogens is 2. The van der Waals surface area contributed by atoms with E-state index < -0.39 is 11.6 Å². The minimum Gasteiger partial charge on any atom is -0.342 e. The van der Waals surface area contributed by atoms with Crippen LogP contribution in [-0.2, 0) is 0 Å². The molecule has 2 aromatic rings. The highest BCUT2D eigenvalue weighted by molar-refractivity contribution is 5.55. The molecule has 1 fully saturated rings. The Morgan fingerprint density at radius 3 is 2.69 bits per heavy atom. The van der Waals surface area contributed by atoms with Crippen LogP contribution >= 0.6 is 0 Å². The first-order chi connectivity index (χ1) is 7.74. The van der Waals surface area contributed by atoms with Crippen molar-refractivity contribution in [1.29, 1.82) is 0 Å². The number of nitrogens with one attached hydrogen (secondary N) is 1. The maximum atomic E-state index is 13.0. The molecule has 2 nitrogen and oxygen atoms in total. The Balaban J connectivity index is 1.97. The van der Waals surface area contributed by atoms with Crippen molar-refractivity contribution in [1.82, 2.24) is 9.97 Å². The van der Waals surface area contributed by atoms with Gasteiger partial charge in [0.2, 0.25) is 0 Å². The molecule has 0 unspecified atom stereocenters. The third-order valence-corrected chi connectivity index (χ3v) is 2.81. The second kappa shape index (κ2) is 3.40. The van der Waals surface area contributed by atoms with Crippen LogP contribution in [-0.4, -0.2) is 9.97 Å². The first-order valence-electron chi connectivity index (χ1n) is 5.24. The maximum Gasteiger partial charge on any atom is 0.159 e. The van der Waals surface area contributed by atoms with Crippen LogP contribution in [0.3, 0.4) is 0 Å². The van der Waals surface area contributed by atoms with Crippen molar-refractivity contribution >= 4 is 0 Å². The van der Waals surface area contributed by atoms with Crippen molar-refractivity contribution in [3.05, 3.63) is 41.7 Å². The molecule has 0 amide bonds. The van der Waals surface area contributed by atoms with Gasteiger partial charge in [0.05, 0.1) is 0 Å². The maximum absolute atomic E-state index is 13.0. The molecule has 1 heterocycles. The van der Waals surface area contributed by atoms with Crippen LogP contribution in [0.25, 0.3) is 11.4 Å². The monoisotopic (exact) mass is 220 g/mol. The van der Waals surface area contributed by atoms with Crippen molar-refractivity contribution < 1.29 is 8.78 Å². The molecule has 1 aromatic carbocycles. The molecule has 0 spiro atoms. The molecule has 1 aliphatic carbocycles. The van der Waals surface area contributed by atoms with Crippen LogP contribution in [0.15, 0.2) is 24.4 Å². The van der Waals surface area contributed by atoms with Gasteiger partial charge in [-0.05, 0) is 31.0 Å². The summed E-state index contributed by atoms with van der Waals surface area (Å²) in [5.41, 5.74) is 1.66. The summed E-state index contributed by atoms with van der Waals surface area (Å²) in [6.07, 6.45) is 4.13. The van der Waals surface area contributed by atoms with Gasteiger partial charge in [0.1, 0.15) is 5.82 Å². The summed E-state index contributed by atoms with van der Waals surface area (Å²) in [5.74, 6) is -0.507. The molecule has 4 heteroatoms. The average Bonchev–Trinajstić information content (AvgIpc) is 3.01. The van der Waals surface area contributed by atoms with Gasteiger partial charge in [-0.1, -0.05) is 0 Å². The molecule has 3 rings (SSSR count). The van der Waals surface area contributed by atoms with Gasteiger partial charge in [-0.15, -0.1) is 0 Å². The Morgan fingerprint density at radius 2 is 2.00 bits per heavy atom. The van der Waals surface area contributed by atoms with E-state index in [4.69, 9.17) is 0 Å². The van der Waals surface area contributed by atoms with Crippen molar-refractivity contribution in [3.63, 3.8) is 0 Å². The first kappa shape index (κ1) is 9.51. The van der Waals surface area contributed by atoms with Gasteiger partial charge in [-0.3, -0.25) is 0 Å². The van der Waals surface area contributed by atoms with E-state index in [-0.39, 0.29) is 0 Å². The van der Waals surface area contributed by atoms with E-state index in [2.05, 4.69) is 9.97 Å². The summed E-state index contributed by atoms with van der Waals surface area (Å²) >= 11 is 0. The highest BCUT2D eigenvalue weighted by atomic mass is 19.2. The summed E-state index contributed by atoms with van der Waals surface area (Å²) in [6, 6.07) is 3.79. The van der Waals surface area contributed by atoms with Gasteiger partial charge in [-0.25, -0.2) is 13.8 Å². The summed E-state index contributed by atoms with van der Waals surface area (Å²) in [4.78, 5) is 7.31. The van der Waals surface area contributed by atoms with E-state index in [0.29, 0.717) is 17.3 Å². The number of aromatic nitrogens is 2. The highest BCUT2D eigenvalue weighted by Crippen LogP contribution is 2.39. The molecule has 1 N–H and O–H groups in total. The molecule has 16 heavy (non-hydrogen) atoms. The van der Waals surface area contributed by atoms with Crippen molar-refractivity contribution in [3.8, 4) is 11.4 Å². The van der Waals surface area contributed by atoms with E-state index >= 15 is 0 Å². The standard InChI is InChI=1S/C12H10F2N2/c13-9-4-3-8(5-10(9)14)12-15-6-11(16-12)7-1-2-7/h3-7H,1-2H2,(H,15,16). The van der Waals surface area contributed by atoms with Crippen LogP contribution in [0, 0.1) is 11.6 Å². The van der Waals surface area contributed by atoms with Crippen LogP contribution in [0.4, 0.5) is 8.78 Å². The smallest absolute Gasteiger partial charge is 0.159 e. The normalized spacial score (nSPS) is 15.4. The molecule has 0 radical (unpaired) electrons. The minimum atomic E-state index is -0.845. The van der Waals surface area contributed by atoms with Crippen LogP contribution in [0.5, 0.6) is 0 Å². The minimum absolute atomic E-state index is 0.575. The summed E-state index contributed by atoms with van der Waals surface area (Å²) < 4.78 is 25.8. The molecule has 0 bridgehead atoms. The Bertz CT molecular complexity index is 530. The summed E-state index contributed by atoms with van der Waals surface area (Å²) in [6.45, 7) is 0. The Labute approximate surface area is 91.3 Å². The number of benzene rings is 1. The molecule has 1 saturated carbocycles. The molecule has 1 aliphatic rings. The van der Waals surface area contributed by atoms with Gasteiger partial charge in [0, 0.05) is 23.4 Å². The highest BCUT2D eigenvalue weighted by Gasteiger charge is 2.25. The predicted molar refractivity (Wildman–Crippen MR) is 55.9 cm³/mol. The molecule has 1 aromatic heterocycles. The third-order valence-electron chi connectivity index (χ3n) is 2.81. The second-order valence-electron chi connectivity index (χ2n) is 4.09. The molecule has 0 atom stereocenters. The lowest BCUT2D eigenvalue weighted by molar-refractivity contribution is 0.509. The first-order valence-corrected chi connectivity index (χ1v) is 5.24. The van der Waals surface area contributed by atoms with Gasteiger partial charge in [0.15, 0.2) is 11.6 Å². The fraction of sp³-hybridized carbons (Fsp3) is 0.250. The Morgan fingerprint density at radius 1 is 1.19 bits per heavy atom. The van der Waals surface area contributed by atoms with Gasteiger partial charge in [-0.2, -0.15) is 0 Å². The van der Waals surface area contributed by atoms with Crippen LogP contribution < -0.4 is 0 Å². The second-order valence-corrected chi connectivity index (χ2v) is 4.09. The predicted octanol–water partition coefficient (Wildman–Crippen LogP) is 3.23. The Hall–Kier alpha value is -1.71. The third kappa shape index (κ3) is 1.60.